The van der Waals surface area contributed by atoms with E-state index in [9.17, 15) is 14.4 Å². The Kier molecular flexibility index (Phi) is 7.67. The van der Waals surface area contributed by atoms with Crippen molar-refractivity contribution in [2.24, 2.45) is 0 Å². The van der Waals surface area contributed by atoms with Gasteiger partial charge in [0.15, 0.2) is 18.1 Å². The molecule has 10 heteroatoms. The van der Waals surface area contributed by atoms with Gasteiger partial charge >= 0.3 is 0 Å². The van der Waals surface area contributed by atoms with Crippen LogP contribution < -0.4 is 24.8 Å². The summed E-state index contributed by atoms with van der Waals surface area (Å²) in [4.78, 5) is 41.1. The lowest BCUT2D eigenvalue weighted by atomic mass is 10.0. The van der Waals surface area contributed by atoms with Gasteiger partial charge in [0, 0.05) is 29.6 Å². The van der Waals surface area contributed by atoms with Gasteiger partial charge in [-0.3, -0.25) is 14.4 Å². The molecule has 2 N–H and O–H groups in total. The quantitative estimate of drug-likeness (QED) is 0.378. The molecule has 1 aromatic heterocycles. The number of fused-ring (bicyclic) bond motifs is 8. The molecular weight excluding hydrogens is 550 g/mol. The number of carbonyl (C=O) groups excluding carboxylic acids is 3. The van der Waals surface area contributed by atoms with Gasteiger partial charge in [0.25, 0.3) is 11.8 Å². The second-order valence-corrected chi connectivity index (χ2v) is 11.0. The van der Waals surface area contributed by atoms with Gasteiger partial charge in [0.05, 0.1) is 32.4 Å². The average Bonchev–Trinajstić information content (AvgIpc) is 3.58. The van der Waals surface area contributed by atoms with Crippen LogP contribution in [0.5, 0.6) is 17.2 Å². The number of methoxy groups -OCH3 is 1. The zero-order valence-corrected chi connectivity index (χ0v) is 24.3. The molecule has 0 aliphatic carbocycles. The number of nitrogens with zero attached hydrogens (tertiary/aromatic N) is 1. The number of hydrogen-bond acceptors (Lipinski definition) is 7. The van der Waals surface area contributed by atoms with E-state index < -0.39 is 12.1 Å². The topological polar surface area (TPSA) is 119 Å². The first-order valence-electron chi connectivity index (χ1n) is 14.2. The van der Waals surface area contributed by atoms with Crippen molar-refractivity contribution in [2.75, 3.05) is 26.8 Å². The van der Waals surface area contributed by atoms with Gasteiger partial charge < -0.3 is 34.2 Å². The predicted molar refractivity (Wildman–Crippen MR) is 158 cm³/mol. The highest BCUT2D eigenvalue weighted by Gasteiger charge is 2.38. The van der Waals surface area contributed by atoms with Crippen LogP contribution in [0.2, 0.25) is 0 Å². The van der Waals surface area contributed by atoms with Crippen molar-refractivity contribution < 1.29 is 33.0 Å². The smallest absolute Gasteiger partial charge is 0.258 e. The highest BCUT2D eigenvalue weighted by Crippen LogP contribution is 2.30. The fraction of sp³-hybridized carbons (Fsp3) is 0.303. The summed E-state index contributed by atoms with van der Waals surface area (Å²) >= 11 is 0. The summed E-state index contributed by atoms with van der Waals surface area (Å²) in [7, 11) is 1.49. The number of rotatable bonds is 3. The second-order valence-electron chi connectivity index (χ2n) is 11.0. The Balaban J connectivity index is 1.27. The van der Waals surface area contributed by atoms with E-state index in [4.69, 9.17) is 18.6 Å². The monoisotopic (exact) mass is 583 g/mol. The molecule has 0 radical (unpaired) electrons. The summed E-state index contributed by atoms with van der Waals surface area (Å²) in [5, 5.41) is 6.83. The van der Waals surface area contributed by atoms with Crippen molar-refractivity contribution in [1.29, 1.82) is 0 Å². The van der Waals surface area contributed by atoms with Crippen molar-refractivity contribution in [3.63, 3.8) is 0 Å². The SMILES string of the molecule is COc1ccc2cc1OCC(=O)NCc1ccc(cc1)O[C@H]1CN(C(=O)Cc3coc4cc(C)cc(C)c34)C[C@@H]1NC2=O. The number of hydrogen-bond donors (Lipinski definition) is 2. The van der Waals surface area contributed by atoms with E-state index in [0.717, 1.165) is 33.2 Å². The van der Waals surface area contributed by atoms with E-state index in [1.54, 1.807) is 23.3 Å². The molecule has 7 rings (SSSR count). The number of aryl methyl sites for hydroxylation is 2. The highest BCUT2D eigenvalue weighted by atomic mass is 16.5. The van der Waals surface area contributed by atoms with Crippen molar-refractivity contribution >= 4 is 28.7 Å². The number of likely N-dealkylation sites (tertiary alicyclic amines) is 1. The molecule has 0 saturated carbocycles. The maximum atomic E-state index is 13.6. The molecule has 3 aliphatic heterocycles. The van der Waals surface area contributed by atoms with Crippen LogP contribution in [0.15, 0.2) is 65.3 Å². The van der Waals surface area contributed by atoms with Gasteiger partial charge in [0.1, 0.15) is 17.4 Å². The Hall–Kier alpha value is -4.99. The molecule has 4 aromatic rings. The third-order valence-corrected chi connectivity index (χ3v) is 7.86. The molecule has 4 bridgehead atoms. The molecule has 3 aliphatic rings. The zero-order valence-electron chi connectivity index (χ0n) is 24.3. The lowest BCUT2D eigenvalue weighted by Crippen LogP contribution is -2.45. The van der Waals surface area contributed by atoms with E-state index in [0.29, 0.717) is 30.2 Å². The van der Waals surface area contributed by atoms with Crippen LogP contribution in [0.4, 0.5) is 0 Å². The molecule has 2 atom stereocenters. The van der Waals surface area contributed by atoms with Crippen molar-refractivity contribution in [2.45, 2.75) is 39.0 Å². The Morgan fingerprint density at radius 3 is 2.65 bits per heavy atom. The van der Waals surface area contributed by atoms with Crippen LogP contribution in [-0.2, 0) is 22.6 Å². The summed E-state index contributed by atoms with van der Waals surface area (Å²) in [6.45, 7) is 4.68. The highest BCUT2D eigenvalue weighted by molar-refractivity contribution is 5.95. The van der Waals surface area contributed by atoms with E-state index in [2.05, 4.69) is 16.7 Å². The third-order valence-electron chi connectivity index (χ3n) is 7.86. The number of furan rings is 1. The van der Waals surface area contributed by atoms with Crippen molar-refractivity contribution in [3.05, 3.63) is 88.7 Å². The number of carbonyl (C=O) groups is 3. The van der Waals surface area contributed by atoms with Crippen LogP contribution in [0.1, 0.15) is 32.6 Å². The first kappa shape index (κ1) is 28.1. The fourth-order valence-corrected chi connectivity index (χ4v) is 5.71. The minimum Gasteiger partial charge on any atom is -0.493 e. The van der Waals surface area contributed by atoms with E-state index >= 15 is 0 Å². The molecule has 43 heavy (non-hydrogen) atoms. The molecule has 1 saturated heterocycles. The minimum atomic E-state index is -0.492. The van der Waals surface area contributed by atoms with E-state index in [1.807, 2.05) is 44.2 Å². The molecule has 10 nitrogen and oxygen atoms in total. The summed E-state index contributed by atoms with van der Waals surface area (Å²) in [5.41, 5.74) is 4.96. The fourth-order valence-electron chi connectivity index (χ4n) is 5.71. The molecular formula is C33H33N3O7. The normalized spacial score (nSPS) is 18.7. The number of ether oxygens (including phenoxy) is 3. The first-order chi connectivity index (χ1) is 20.8. The van der Waals surface area contributed by atoms with Gasteiger partial charge in [-0.1, -0.05) is 18.2 Å². The van der Waals surface area contributed by atoms with Crippen molar-refractivity contribution in [3.8, 4) is 17.2 Å². The van der Waals surface area contributed by atoms with E-state index in [1.165, 1.54) is 13.2 Å². The van der Waals surface area contributed by atoms with Crippen LogP contribution in [0.25, 0.3) is 11.0 Å². The molecule has 1 fully saturated rings. The summed E-state index contributed by atoms with van der Waals surface area (Å²) < 4.78 is 23.2. The molecule has 222 valence electrons. The predicted octanol–water partition coefficient (Wildman–Crippen LogP) is 3.70. The van der Waals surface area contributed by atoms with Gasteiger partial charge in [-0.25, -0.2) is 0 Å². The lowest BCUT2D eigenvalue weighted by molar-refractivity contribution is -0.129. The maximum absolute atomic E-state index is 13.6. The Bertz CT molecular complexity index is 1690. The molecule has 4 heterocycles. The van der Waals surface area contributed by atoms with Crippen LogP contribution in [0, 0.1) is 13.8 Å². The average molecular weight is 584 g/mol. The molecule has 3 aromatic carbocycles. The summed E-state index contributed by atoms with van der Waals surface area (Å²) in [5.74, 6) is 0.507. The van der Waals surface area contributed by atoms with Gasteiger partial charge in [-0.15, -0.1) is 0 Å². The summed E-state index contributed by atoms with van der Waals surface area (Å²) in [6.07, 6.45) is 1.33. The Morgan fingerprint density at radius 2 is 1.86 bits per heavy atom. The van der Waals surface area contributed by atoms with Gasteiger partial charge in [-0.2, -0.15) is 0 Å². The molecule has 3 amide bonds. The number of amides is 3. The Morgan fingerprint density at radius 1 is 1.05 bits per heavy atom. The molecule has 0 unspecified atom stereocenters. The number of benzene rings is 3. The number of nitrogens with one attached hydrogen (secondary N) is 2. The van der Waals surface area contributed by atoms with Crippen LogP contribution in [0.3, 0.4) is 0 Å². The molecule has 0 spiro atoms. The van der Waals surface area contributed by atoms with Crippen LogP contribution in [-0.4, -0.2) is 61.6 Å². The summed E-state index contributed by atoms with van der Waals surface area (Å²) in [6, 6.07) is 15.7. The zero-order chi connectivity index (χ0) is 30.1. The van der Waals surface area contributed by atoms with Crippen molar-refractivity contribution in [1.82, 2.24) is 15.5 Å². The maximum Gasteiger partial charge on any atom is 0.258 e. The standard InChI is InChI=1S/C33H33N3O7/c1-19-10-20(2)32-23(17-41-28(32)11-19)13-31(38)36-15-25-29(16-36)43-24-7-4-21(5-8-24)14-34-30(37)18-42-27-12-22(33(39)35-25)6-9-26(27)40-3/h4-12,17,25,29H,13-16,18H2,1-3H3,(H,34,37)(H,35,39)/t25-,29-/m0/s1. The van der Waals surface area contributed by atoms with E-state index in [-0.39, 0.29) is 43.0 Å². The first-order valence-corrected chi connectivity index (χ1v) is 14.2. The van der Waals surface area contributed by atoms with Crippen LogP contribution >= 0.6 is 0 Å². The third kappa shape index (κ3) is 5.99. The minimum absolute atomic E-state index is 0.0820. The van der Waals surface area contributed by atoms with Gasteiger partial charge in [0.2, 0.25) is 5.91 Å². The Labute approximate surface area is 248 Å². The van der Waals surface area contributed by atoms with Gasteiger partial charge in [-0.05, 0) is 66.9 Å². The second kappa shape index (κ2) is 11.7. The largest absolute Gasteiger partial charge is 0.493 e. The lowest BCUT2D eigenvalue weighted by Gasteiger charge is -2.21.